The summed E-state index contributed by atoms with van der Waals surface area (Å²) in [6.45, 7) is 2.51. The molecule has 2 aliphatic rings. The lowest BCUT2D eigenvalue weighted by Gasteiger charge is -2.08. The highest BCUT2D eigenvalue weighted by Gasteiger charge is 2.44. The Morgan fingerprint density at radius 2 is 2.42 bits per heavy atom. The van der Waals surface area contributed by atoms with Crippen LogP contribution in [0.5, 0.6) is 0 Å². The number of hydrogen-bond acceptors (Lipinski definition) is 3. The number of fused-ring (bicyclic) bond motifs is 1. The molecule has 12 heavy (non-hydrogen) atoms. The van der Waals surface area contributed by atoms with Gasteiger partial charge in [-0.3, -0.25) is 4.79 Å². The summed E-state index contributed by atoms with van der Waals surface area (Å²) in [5, 5.41) is 0. The Kier molecular flexibility index (Phi) is 1.89. The van der Waals surface area contributed by atoms with E-state index in [4.69, 9.17) is 9.47 Å². The van der Waals surface area contributed by atoms with Gasteiger partial charge in [-0.25, -0.2) is 0 Å². The maximum absolute atomic E-state index is 10.9. The van der Waals surface area contributed by atoms with E-state index in [1.165, 1.54) is 0 Å². The fraction of sp³-hybridized carbons (Fsp3) is 0.667. The first kappa shape index (κ1) is 7.80. The van der Waals surface area contributed by atoms with Gasteiger partial charge in [-0.15, -0.1) is 0 Å². The van der Waals surface area contributed by atoms with E-state index in [0.29, 0.717) is 13.0 Å². The summed E-state index contributed by atoms with van der Waals surface area (Å²) in [5.74, 6) is 0.177. The average molecular weight is 168 g/mol. The molecular weight excluding hydrogens is 156 g/mol. The Balaban J connectivity index is 2.07. The molecular formula is C9H12O3. The molecule has 2 saturated heterocycles. The Morgan fingerprint density at radius 3 is 3.17 bits per heavy atom. The Hall–Kier alpha value is -0.830. The molecule has 0 aliphatic carbocycles. The standard InChI is InChI=1S/C9H12O3/c1-2-3-7-6-4-9(10)12-8(6)5-11-7/h2-3,6-8H,4-5H2,1H3/b3-2+/t6-,7-,8+/m0/s1. The van der Waals surface area contributed by atoms with Crippen molar-refractivity contribution < 1.29 is 14.3 Å². The van der Waals surface area contributed by atoms with E-state index in [-0.39, 0.29) is 24.1 Å². The second kappa shape index (κ2) is 2.90. The number of carbonyl (C=O) groups excluding carboxylic acids is 1. The van der Waals surface area contributed by atoms with Crippen molar-refractivity contribution in [3.63, 3.8) is 0 Å². The van der Waals surface area contributed by atoms with Crippen molar-refractivity contribution >= 4 is 5.97 Å². The van der Waals surface area contributed by atoms with Crippen molar-refractivity contribution in [1.29, 1.82) is 0 Å². The minimum Gasteiger partial charge on any atom is -0.459 e. The van der Waals surface area contributed by atoms with Gasteiger partial charge in [-0.1, -0.05) is 12.2 Å². The van der Waals surface area contributed by atoms with Crippen LogP contribution in [0.4, 0.5) is 0 Å². The lowest BCUT2D eigenvalue weighted by molar-refractivity contribution is -0.142. The third kappa shape index (κ3) is 1.14. The first-order chi connectivity index (χ1) is 5.81. The van der Waals surface area contributed by atoms with Gasteiger partial charge in [0.15, 0.2) is 0 Å². The van der Waals surface area contributed by atoms with Crippen LogP contribution in [0.25, 0.3) is 0 Å². The number of rotatable bonds is 1. The van der Waals surface area contributed by atoms with Gasteiger partial charge >= 0.3 is 5.97 Å². The molecule has 0 bridgehead atoms. The molecule has 0 amide bonds. The van der Waals surface area contributed by atoms with Crippen LogP contribution in [0.3, 0.4) is 0 Å². The fourth-order valence-electron chi connectivity index (χ4n) is 1.83. The molecule has 0 N–H and O–H groups in total. The van der Waals surface area contributed by atoms with Gasteiger partial charge in [-0.2, -0.15) is 0 Å². The van der Waals surface area contributed by atoms with Crippen LogP contribution in [-0.2, 0) is 14.3 Å². The normalized spacial score (nSPS) is 40.4. The van der Waals surface area contributed by atoms with E-state index in [1.807, 2.05) is 19.1 Å². The van der Waals surface area contributed by atoms with Crippen molar-refractivity contribution in [2.45, 2.75) is 25.6 Å². The number of allylic oxidation sites excluding steroid dienone is 1. The van der Waals surface area contributed by atoms with Gasteiger partial charge in [0.05, 0.1) is 19.1 Å². The van der Waals surface area contributed by atoms with E-state index in [0.717, 1.165) is 0 Å². The Labute approximate surface area is 71.3 Å². The van der Waals surface area contributed by atoms with Crippen LogP contribution in [0, 0.1) is 5.92 Å². The SMILES string of the molecule is C/C=C/[C@@H]1OC[C@H]2OC(=O)C[C@@H]12. The highest BCUT2D eigenvalue weighted by atomic mass is 16.6. The molecule has 0 unspecified atom stereocenters. The summed E-state index contributed by atoms with van der Waals surface area (Å²) in [6.07, 6.45) is 4.56. The number of hydrogen-bond donors (Lipinski definition) is 0. The molecule has 2 rings (SSSR count). The van der Waals surface area contributed by atoms with Crippen molar-refractivity contribution in [3.05, 3.63) is 12.2 Å². The molecule has 0 radical (unpaired) electrons. The van der Waals surface area contributed by atoms with Crippen molar-refractivity contribution in [2.24, 2.45) is 5.92 Å². The van der Waals surface area contributed by atoms with Gasteiger partial charge < -0.3 is 9.47 Å². The highest BCUT2D eigenvalue weighted by molar-refractivity contribution is 5.72. The van der Waals surface area contributed by atoms with Crippen LogP contribution in [-0.4, -0.2) is 24.8 Å². The topological polar surface area (TPSA) is 35.5 Å². The zero-order valence-electron chi connectivity index (χ0n) is 7.03. The third-order valence-electron chi connectivity index (χ3n) is 2.42. The van der Waals surface area contributed by atoms with E-state index < -0.39 is 0 Å². The molecule has 0 aromatic carbocycles. The average Bonchev–Trinajstić information content (AvgIpc) is 2.52. The summed E-state index contributed by atoms with van der Waals surface area (Å²) < 4.78 is 10.5. The molecule has 0 saturated carbocycles. The minimum atomic E-state index is -0.0807. The Morgan fingerprint density at radius 1 is 1.58 bits per heavy atom. The Bertz CT molecular complexity index is 222. The van der Waals surface area contributed by atoms with Gasteiger partial charge in [-0.05, 0) is 6.92 Å². The van der Waals surface area contributed by atoms with Crippen molar-refractivity contribution in [1.82, 2.24) is 0 Å². The summed E-state index contributed by atoms with van der Waals surface area (Å²) >= 11 is 0. The maximum Gasteiger partial charge on any atom is 0.306 e. The van der Waals surface area contributed by atoms with Gasteiger partial charge in [0.1, 0.15) is 6.10 Å². The van der Waals surface area contributed by atoms with E-state index in [1.54, 1.807) is 0 Å². The van der Waals surface area contributed by atoms with Gasteiger partial charge in [0.25, 0.3) is 0 Å². The molecule has 2 aliphatic heterocycles. The molecule has 3 nitrogen and oxygen atoms in total. The predicted octanol–water partition coefficient (Wildman–Crippen LogP) is 0.893. The largest absolute Gasteiger partial charge is 0.459 e. The molecule has 2 heterocycles. The minimum absolute atomic E-state index is 0.0127. The van der Waals surface area contributed by atoms with Gasteiger partial charge in [0.2, 0.25) is 0 Å². The quantitative estimate of drug-likeness (QED) is 0.431. The second-order valence-corrected chi connectivity index (χ2v) is 3.22. The molecule has 3 heteroatoms. The molecule has 2 fully saturated rings. The number of carbonyl (C=O) groups is 1. The smallest absolute Gasteiger partial charge is 0.306 e. The molecule has 0 spiro atoms. The van der Waals surface area contributed by atoms with Crippen LogP contribution in [0.2, 0.25) is 0 Å². The molecule has 3 atom stereocenters. The summed E-state index contributed by atoms with van der Waals surface area (Å²) in [4.78, 5) is 10.9. The van der Waals surface area contributed by atoms with Crippen molar-refractivity contribution in [2.75, 3.05) is 6.61 Å². The maximum atomic E-state index is 10.9. The second-order valence-electron chi connectivity index (χ2n) is 3.22. The van der Waals surface area contributed by atoms with Gasteiger partial charge in [0, 0.05) is 5.92 Å². The van der Waals surface area contributed by atoms with E-state index in [9.17, 15) is 4.79 Å². The first-order valence-corrected chi connectivity index (χ1v) is 4.25. The third-order valence-corrected chi connectivity index (χ3v) is 2.42. The zero-order valence-corrected chi connectivity index (χ0v) is 7.03. The molecule has 0 aromatic heterocycles. The zero-order chi connectivity index (χ0) is 8.55. The summed E-state index contributed by atoms with van der Waals surface area (Å²) in [7, 11) is 0. The first-order valence-electron chi connectivity index (χ1n) is 4.25. The van der Waals surface area contributed by atoms with E-state index >= 15 is 0 Å². The van der Waals surface area contributed by atoms with Crippen LogP contribution < -0.4 is 0 Å². The molecule has 66 valence electrons. The number of ether oxygens (including phenoxy) is 2. The highest BCUT2D eigenvalue weighted by Crippen LogP contribution is 2.33. The monoisotopic (exact) mass is 168 g/mol. The van der Waals surface area contributed by atoms with Crippen molar-refractivity contribution in [3.8, 4) is 0 Å². The van der Waals surface area contributed by atoms with Crippen LogP contribution in [0.1, 0.15) is 13.3 Å². The predicted molar refractivity (Wildman–Crippen MR) is 42.5 cm³/mol. The summed E-state index contributed by atoms with van der Waals surface area (Å²) in [5.41, 5.74) is 0. The van der Waals surface area contributed by atoms with Crippen LogP contribution in [0.15, 0.2) is 12.2 Å². The molecule has 0 aromatic rings. The fourth-order valence-corrected chi connectivity index (χ4v) is 1.83. The van der Waals surface area contributed by atoms with Crippen LogP contribution >= 0.6 is 0 Å². The lowest BCUT2D eigenvalue weighted by Crippen LogP contribution is -2.17. The number of esters is 1. The summed E-state index contributed by atoms with van der Waals surface area (Å²) in [6, 6.07) is 0. The van der Waals surface area contributed by atoms with E-state index in [2.05, 4.69) is 0 Å². The lowest BCUT2D eigenvalue weighted by atomic mass is 9.97.